The first kappa shape index (κ1) is 23.7. The van der Waals surface area contributed by atoms with E-state index in [4.69, 9.17) is 0 Å². The van der Waals surface area contributed by atoms with E-state index >= 15 is 0 Å². The zero-order chi connectivity index (χ0) is 23.8. The average molecular weight is 467 g/mol. The van der Waals surface area contributed by atoms with Crippen LogP contribution >= 0.6 is 0 Å². The van der Waals surface area contributed by atoms with Crippen molar-refractivity contribution in [3.8, 4) is 0 Å². The molecule has 0 spiro atoms. The van der Waals surface area contributed by atoms with Gasteiger partial charge in [-0.2, -0.15) is 4.31 Å². The lowest BCUT2D eigenvalue weighted by Crippen LogP contribution is -2.45. The third-order valence-electron chi connectivity index (χ3n) is 7.36. The first-order valence-electron chi connectivity index (χ1n) is 11.8. The lowest BCUT2D eigenvalue weighted by molar-refractivity contribution is -0.136. The maximum absolute atomic E-state index is 13.5. The predicted molar refractivity (Wildman–Crippen MR) is 132 cm³/mol. The topological polar surface area (TPSA) is 57.7 Å². The van der Waals surface area contributed by atoms with Gasteiger partial charge in [-0.05, 0) is 80.3 Å². The summed E-state index contributed by atoms with van der Waals surface area (Å²) in [6.07, 6.45) is 4.16. The Balaban J connectivity index is 1.41. The number of nitrogens with zero attached hydrogens (tertiary/aromatic N) is 2. The molecule has 1 saturated heterocycles. The molecule has 2 aromatic rings. The van der Waals surface area contributed by atoms with Gasteiger partial charge in [-0.15, -0.1) is 0 Å². The quantitative estimate of drug-likeness (QED) is 0.660. The molecule has 176 valence electrons. The molecular weight excluding hydrogens is 432 g/mol. The second kappa shape index (κ2) is 9.43. The van der Waals surface area contributed by atoms with E-state index in [9.17, 15) is 13.2 Å². The minimum atomic E-state index is -3.58. The Morgan fingerprint density at radius 2 is 1.52 bits per heavy atom. The Kier molecular flexibility index (Phi) is 6.78. The molecule has 0 aliphatic carbocycles. The number of carbonyl (C=O) groups is 1. The zero-order valence-electron chi connectivity index (χ0n) is 20.1. The number of amides is 1. The number of rotatable bonds is 4. The first-order chi connectivity index (χ1) is 15.7. The lowest BCUT2D eigenvalue weighted by atomic mass is 9.94. The zero-order valence-corrected chi connectivity index (χ0v) is 20.9. The highest BCUT2D eigenvalue weighted by Crippen LogP contribution is 2.32. The fourth-order valence-electron chi connectivity index (χ4n) is 5.08. The van der Waals surface area contributed by atoms with E-state index in [1.54, 1.807) is 4.31 Å². The van der Waals surface area contributed by atoms with Crippen LogP contribution in [-0.2, 0) is 14.8 Å². The molecule has 0 N–H and O–H groups in total. The molecular formula is C27H34N2O3S. The van der Waals surface area contributed by atoms with E-state index < -0.39 is 10.0 Å². The second-order valence-electron chi connectivity index (χ2n) is 9.40. The molecule has 1 fully saturated rings. The van der Waals surface area contributed by atoms with Crippen molar-refractivity contribution in [1.82, 2.24) is 9.21 Å². The van der Waals surface area contributed by atoms with E-state index in [0.29, 0.717) is 37.4 Å². The molecule has 0 saturated carbocycles. The summed E-state index contributed by atoms with van der Waals surface area (Å²) < 4.78 is 28.6. The third-order valence-corrected chi connectivity index (χ3v) is 9.54. The van der Waals surface area contributed by atoms with Gasteiger partial charge >= 0.3 is 0 Å². The molecule has 1 amide bonds. The molecule has 0 aromatic heterocycles. The smallest absolute Gasteiger partial charge is 0.243 e. The van der Waals surface area contributed by atoms with Crippen LogP contribution in [0.25, 0.3) is 5.57 Å². The van der Waals surface area contributed by atoms with Gasteiger partial charge in [0, 0.05) is 32.1 Å². The second-order valence-corrected chi connectivity index (χ2v) is 11.3. The van der Waals surface area contributed by atoms with Crippen molar-refractivity contribution >= 4 is 21.5 Å². The maximum atomic E-state index is 13.5. The van der Waals surface area contributed by atoms with E-state index in [0.717, 1.165) is 35.2 Å². The average Bonchev–Trinajstić information content (AvgIpc) is 2.83. The summed E-state index contributed by atoms with van der Waals surface area (Å²) in [7, 11) is -3.58. The highest BCUT2D eigenvalue weighted by atomic mass is 32.2. The van der Waals surface area contributed by atoms with Gasteiger partial charge in [0.15, 0.2) is 0 Å². The minimum Gasteiger partial charge on any atom is -0.338 e. The highest BCUT2D eigenvalue weighted by Gasteiger charge is 2.35. The number of piperidine rings is 1. The number of sulfonamides is 1. The molecule has 33 heavy (non-hydrogen) atoms. The van der Waals surface area contributed by atoms with Crippen LogP contribution in [0.5, 0.6) is 0 Å². The predicted octanol–water partition coefficient (Wildman–Crippen LogP) is 4.64. The van der Waals surface area contributed by atoms with Crippen molar-refractivity contribution in [2.24, 2.45) is 5.92 Å². The Morgan fingerprint density at radius 1 is 0.909 bits per heavy atom. The van der Waals surface area contributed by atoms with Gasteiger partial charge < -0.3 is 4.90 Å². The molecule has 5 nitrogen and oxygen atoms in total. The van der Waals surface area contributed by atoms with Crippen LogP contribution in [0.1, 0.15) is 47.1 Å². The number of aryl methyl sites for hydroxylation is 2. The molecule has 2 aliphatic heterocycles. The van der Waals surface area contributed by atoms with Crippen LogP contribution in [0, 0.1) is 33.6 Å². The molecule has 6 heteroatoms. The summed E-state index contributed by atoms with van der Waals surface area (Å²) in [4.78, 5) is 15.5. The van der Waals surface area contributed by atoms with Crippen molar-refractivity contribution in [2.75, 3.05) is 26.2 Å². The van der Waals surface area contributed by atoms with E-state index in [2.05, 4.69) is 18.2 Å². The third kappa shape index (κ3) is 4.64. The van der Waals surface area contributed by atoms with Gasteiger partial charge in [0.05, 0.1) is 4.90 Å². The summed E-state index contributed by atoms with van der Waals surface area (Å²) in [5, 5.41) is 0. The SMILES string of the molecule is Cc1cc(C)c(C)c(S(=O)(=O)N2CCC(C(=O)N3CC=C(c4ccccc4)CC3)CC2)c1C. The summed E-state index contributed by atoms with van der Waals surface area (Å²) in [6, 6.07) is 12.4. The van der Waals surface area contributed by atoms with Crippen molar-refractivity contribution in [3.63, 3.8) is 0 Å². The molecule has 4 rings (SSSR count). The Hall–Kier alpha value is -2.44. The van der Waals surface area contributed by atoms with Crippen LogP contribution in [-0.4, -0.2) is 49.7 Å². The van der Waals surface area contributed by atoms with Crippen molar-refractivity contribution in [1.29, 1.82) is 0 Å². The van der Waals surface area contributed by atoms with Crippen molar-refractivity contribution in [3.05, 3.63) is 70.3 Å². The summed E-state index contributed by atoms with van der Waals surface area (Å²) in [5.74, 6) is 0.0544. The Labute approximate surface area is 198 Å². The number of carbonyl (C=O) groups excluding carboxylic acids is 1. The first-order valence-corrected chi connectivity index (χ1v) is 13.2. The van der Waals surface area contributed by atoms with Crippen LogP contribution in [0.3, 0.4) is 0 Å². The standard InChI is InChI=1S/C27H34N2O3S/c1-19-18-20(2)22(4)26(21(19)3)33(31,32)29-16-12-25(13-17-29)27(30)28-14-10-24(11-15-28)23-8-6-5-7-9-23/h5-10,18,25H,11-17H2,1-4H3. The molecule has 0 radical (unpaired) electrons. The van der Waals surface area contributed by atoms with Gasteiger partial charge in [0.25, 0.3) is 0 Å². The van der Waals surface area contributed by atoms with Crippen molar-refractivity contribution in [2.45, 2.75) is 51.9 Å². The number of hydrogen-bond acceptors (Lipinski definition) is 3. The van der Waals surface area contributed by atoms with Gasteiger partial charge in [0.2, 0.25) is 15.9 Å². The summed E-state index contributed by atoms with van der Waals surface area (Å²) in [6.45, 7) is 9.83. The number of hydrogen-bond donors (Lipinski definition) is 0. The normalized spacial score (nSPS) is 18.3. The lowest BCUT2D eigenvalue weighted by Gasteiger charge is -2.35. The largest absolute Gasteiger partial charge is 0.338 e. The van der Waals surface area contributed by atoms with Crippen LogP contribution in [0.15, 0.2) is 47.4 Å². The van der Waals surface area contributed by atoms with Gasteiger partial charge in [0.1, 0.15) is 0 Å². The molecule has 2 aromatic carbocycles. The molecule has 2 heterocycles. The van der Waals surface area contributed by atoms with E-state index in [-0.39, 0.29) is 11.8 Å². The Morgan fingerprint density at radius 3 is 2.06 bits per heavy atom. The monoisotopic (exact) mass is 466 g/mol. The van der Waals surface area contributed by atoms with Crippen LogP contribution in [0.4, 0.5) is 0 Å². The van der Waals surface area contributed by atoms with Gasteiger partial charge in [-0.3, -0.25) is 4.79 Å². The summed E-state index contributed by atoms with van der Waals surface area (Å²) >= 11 is 0. The van der Waals surface area contributed by atoms with Crippen LogP contribution < -0.4 is 0 Å². The van der Waals surface area contributed by atoms with Crippen molar-refractivity contribution < 1.29 is 13.2 Å². The molecule has 0 bridgehead atoms. The number of benzene rings is 2. The fourth-order valence-corrected chi connectivity index (χ4v) is 7.13. The summed E-state index contributed by atoms with van der Waals surface area (Å²) in [5.41, 5.74) is 6.15. The van der Waals surface area contributed by atoms with E-state index in [1.807, 2.05) is 56.9 Å². The Bertz CT molecular complexity index is 1150. The fraction of sp³-hybridized carbons (Fsp3) is 0.444. The molecule has 2 aliphatic rings. The van der Waals surface area contributed by atoms with Gasteiger partial charge in [-0.25, -0.2) is 8.42 Å². The van der Waals surface area contributed by atoms with Gasteiger partial charge in [-0.1, -0.05) is 42.5 Å². The molecule has 0 atom stereocenters. The van der Waals surface area contributed by atoms with E-state index in [1.165, 1.54) is 11.1 Å². The highest BCUT2D eigenvalue weighted by molar-refractivity contribution is 7.89. The van der Waals surface area contributed by atoms with Crippen LogP contribution in [0.2, 0.25) is 0 Å². The molecule has 0 unspecified atom stereocenters. The maximum Gasteiger partial charge on any atom is 0.243 e. The minimum absolute atomic E-state index is 0.107.